The zero-order valence-electron chi connectivity index (χ0n) is 10.7. The maximum atomic E-state index is 11.9. The molecule has 2 heterocycles. The van der Waals surface area contributed by atoms with Gasteiger partial charge in [-0.15, -0.1) is 0 Å². The Bertz CT molecular complexity index is 373. The van der Waals surface area contributed by atoms with E-state index in [0.29, 0.717) is 6.54 Å². The Balaban J connectivity index is 2.07. The van der Waals surface area contributed by atoms with E-state index in [9.17, 15) is 9.59 Å². The minimum absolute atomic E-state index is 0.188. The fraction of sp³-hybridized carbons (Fsp3) is 0.833. The van der Waals surface area contributed by atoms with Gasteiger partial charge in [-0.1, -0.05) is 6.92 Å². The highest BCUT2D eigenvalue weighted by Crippen LogP contribution is 2.56. The van der Waals surface area contributed by atoms with E-state index < -0.39 is 23.6 Å². The van der Waals surface area contributed by atoms with Gasteiger partial charge in [-0.2, -0.15) is 0 Å². The number of nitrogens with zero attached hydrogens (tertiary/aromatic N) is 1. The number of hydrogen-bond acceptors (Lipinski definition) is 3. The third-order valence-corrected chi connectivity index (χ3v) is 3.64. The second kappa shape index (κ2) is 3.37. The highest BCUT2D eigenvalue weighted by atomic mass is 16.6. The Morgan fingerprint density at radius 1 is 1.41 bits per heavy atom. The van der Waals surface area contributed by atoms with Gasteiger partial charge < -0.3 is 14.7 Å². The van der Waals surface area contributed by atoms with E-state index in [2.05, 4.69) is 0 Å². The molecule has 96 valence electrons. The summed E-state index contributed by atoms with van der Waals surface area (Å²) in [5.74, 6) is -1.25. The maximum absolute atomic E-state index is 11.9. The van der Waals surface area contributed by atoms with Crippen LogP contribution in [0, 0.1) is 11.3 Å². The summed E-state index contributed by atoms with van der Waals surface area (Å²) in [7, 11) is 0. The average Bonchev–Trinajstić information content (AvgIpc) is 2.52. The lowest BCUT2D eigenvalue weighted by Gasteiger charge is -2.40. The number of hydrogen-bond donors (Lipinski definition) is 1. The van der Waals surface area contributed by atoms with Gasteiger partial charge >= 0.3 is 12.1 Å². The molecule has 1 amide bonds. The Hall–Kier alpha value is -1.26. The molecule has 3 atom stereocenters. The normalized spacial score (nSPS) is 35.4. The van der Waals surface area contributed by atoms with Crippen molar-refractivity contribution in [2.45, 2.75) is 45.8 Å². The summed E-state index contributed by atoms with van der Waals surface area (Å²) in [6.07, 6.45) is 0.374. The fourth-order valence-corrected chi connectivity index (χ4v) is 2.97. The number of carbonyl (C=O) groups is 2. The summed E-state index contributed by atoms with van der Waals surface area (Å²) in [6.45, 7) is 7.83. The van der Waals surface area contributed by atoms with E-state index in [4.69, 9.17) is 9.84 Å². The van der Waals surface area contributed by atoms with Gasteiger partial charge in [0.2, 0.25) is 0 Å². The van der Waals surface area contributed by atoms with Crippen molar-refractivity contribution >= 4 is 12.1 Å². The van der Waals surface area contributed by atoms with E-state index in [-0.39, 0.29) is 11.5 Å². The summed E-state index contributed by atoms with van der Waals surface area (Å²) in [6, 6.07) is -0.188. The van der Waals surface area contributed by atoms with Gasteiger partial charge in [-0.3, -0.25) is 4.79 Å². The molecule has 17 heavy (non-hydrogen) atoms. The number of ether oxygens (including phenoxy) is 1. The molecule has 1 aliphatic carbocycles. The molecule has 0 aromatic rings. The molecule has 3 fully saturated rings. The average molecular weight is 241 g/mol. The number of rotatable bonds is 1. The summed E-state index contributed by atoms with van der Waals surface area (Å²) >= 11 is 0. The van der Waals surface area contributed by atoms with Gasteiger partial charge in [0.1, 0.15) is 5.60 Å². The second-order valence-electron chi connectivity index (χ2n) is 6.35. The molecular weight excluding hydrogens is 222 g/mol. The van der Waals surface area contributed by atoms with Crippen molar-refractivity contribution in [1.82, 2.24) is 4.90 Å². The lowest BCUT2D eigenvalue weighted by Crippen LogP contribution is -2.50. The number of fused-ring (bicyclic) bond motifs is 1. The van der Waals surface area contributed by atoms with Gasteiger partial charge in [0.15, 0.2) is 0 Å². The first-order valence-corrected chi connectivity index (χ1v) is 5.86. The van der Waals surface area contributed by atoms with Crippen LogP contribution in [0.25, 0.3) is 0 Å². The molecule has 2 aliphatic heterocycles. The summed E-state index contributed by atoms with van der Waals surface area (Å²) in [4.78, 5) is 24.6. The predicted octanol–water partition coefficient (Wildman–Crippen LogP) is 1.72. The van der Waals surface area contributed by atoms with Crippen LogP contribution in [0.2, 0.25) is 0 Å². The van der Waals surface area contributed by atoms with Crippen molar-refractivity contribution in [3.05, 3.63) is 0 Å². The molecule has 1 N–H and O–H groups in total. The first-order valence-electron chi connectivity index (χ1n) is 5.86. The number of amides is 1. The molecule has 5 heteroatoms. The minimum Gasteiger partial charge on any atom is -0.481 e. The Morgan fingerprint density at radius 3 is 2.41 bits per heavy atom. The maximum Gasteiger partial charge on any atom is 0.410 e. The van der Waals surface area contributed by atoms with Crippen LogP contribution in [-0.4, -0.2) is 40.3 Å². The fourth-order valence-electron chi connectivity index (χ4n) is 2.97. The molecular formula is C12H19NO4. The molecule has 0 aromatic carbocycles. The molecule has 0 spiro atoms. The topological polar surface area (TPSA) is 66.8 Å². The summed E-state index contributed by atoms with van der Waals surface area (Å²) < 4.78 is 5.29. The quantitative estimate of drug-likeness (QED) is 0.759. The van der Waals surface area contributed by atoms with E-state index in [0.717, 1.165) is 6.42 Å². The monoisotopic (exact) mass is 241 g/mol. The molecule has 0 radical (unpaired) electrons. The van der Waals surface area contributed by atoms with Gasteiger partial charge in [0.05, 0.1) is 5.92 Å². The lowest BCUT2D eigenvalue weighted by atomic mass is 9.62. The largest absolute Gasteiger partial charge is 0.481 e. The zero-order valence-corrected chi connectivity index (χ0v) is 10.7. The van der Waals surface area contributed by atoms with E-state index >= 15 is 0 Å². The van der Waals surface area contributed by atoms with Crippen LogP contribution in [-0.2, 0) is 9.53 Å². The number of carboxylic acid groups (broad SMARTS) is 1. The highest BCUT2D eigenvalue weighted by molar-refractivity contribution is 5.78. The van der Waals surface area contributed by atoms with Crippen LogP contribution in [0.5, 0.6) is 0 Å². The first-order chi connectivity index (χ1) is 7.64. The SMILES string of the molecule is CC(C)(C)OC(=O)N1CC2(C)CC1C2C(=O)O. The van der Waals surface area contributed by atoms with E-state index in [1.807, 2.05) is 27.7 Å². The molecule has 2 bridgehead atoms. The molecule has 5 nitrogen and oxygen atoms in total. The number of carbonyl (C=O) groups excluding carboxylic acids is 1. The minimum atomic E-state index is -0.810. The molecule has 3 unspecified atom stereocenters. The summed E-state index contributed by atoms with van der Waals surface area (Å²) in [5.41, 5.74) is -0.808. The van der Waals surface area contributed by atoms with Gasteiger partial charge in [0.25, 0.3) is 0 Å². The Kier molecular flexibility index (Phi) is 2.42. The van der Waals surface area contributed by atoms with E-state index in [1.54, 1.807) is 4.90 Å². The third-order valence-electron chi connectivity index (χ3n) is 3.64. The van der Waals surface area contributed by atoms with Crippen molar-refractivity contribution in [2.24, 2.45) is 11.3 Å². The van der Waals surface area contributed by atoms with Crippen LogP contribution in [0.3, 0.4) is 0 Å². The summed E-state index contributed by atoms with van der Waals surface area (Å²) in [5, 5.41) is 9.13. The molecule has 1 saturated carbocycles. The van der Waals surface area contributed by atoms with Gasteiger partial charge in [-0.25, -0.2) is 4.79 Å². The Morgan fingerprint density at radius 2 is 2.00 bits per heavy atom. The van der Waals surface area contributed by atoms with Crippen LogP contribution >= 0.6 is 0 Å². The highest BCUT2D eigenvalue weighted by Gasteiger charge is 2.65. The van der Waals surface area contributed by atoms with Crippen LogP contribution in [0.4, 0.5) is 4.79 Å². The number of aliphatic carboxylic acids is 1. The smallest absolute Gasteiger partial charge is 0.410 e. The van der Waals surface area contributed by atoms with Crippen molar-refractivity contribution in [2.75, 3.05) is 6.54 Å². The standard InChI is InChI=1S/C12H19NO4/c1-11(2,3)17-10(16)13-6-12(4)5-7(13)8(12)9(14)15/h7-8H,5-6H2,1-4H3,(H,14,15). The number of carboxylic acids is 1. The van der Waals surface area contributed by atoms with Crippen molar-refractivity contribution in [1.29, 1.82) is 0 Å². The molecule has 0 aromatic heterocycles. The van der Waals surface area contributed by atoms with Crippen molar-refractivity contribution < 1.29 is 19.4 Å². The van der Waals surface area contributed by atoms with Crippen LogP contribution in [0.1, 0.15) is 34.1 Å². The van der Waals surface area contributed by atoms with Crippen LogP contribution < -0.4 is 0 Å². The first kappa shape index (κ1) is 12.2. The molecule has 2 saturated heterocycles. The Labute approximate surface area is 101 Å². The van der Waals surface area contributed by atoms with Crippen molar-refractivity contribution in [3.63, 3.8) is 0 Å². The lowest BCUT2D eigenvalue weighted by molar-refractivity contribution is -0.151. The second-order valence-corrected chi connectivity index (χ2v) is 6.35. The zero-order chi connectivity index (χ0) is 13.0. The van der Waals surface area contributed by atoms with E-state index in [1.165, 1.54) is 0 Å². The van der Waals surface area contributed by atoms with Crippen molar-refractivity contribution in [3.8, 4) is 0 Å². The van der Waals surface area contributed by atoms with Gasteiger partial charge in [0, 0.05) is 18.0 Å². The van der Waals surface area contributed by atoms with Gasteiger partial charge in [-0.05, 0) is 27.2 Å². The van der Waals surface area contributed by atoms with Crippen LogP contribution in [0.15, 0.2) is 0 Å². The molecule has 3 aliphatic rings. The predicted molar refractivity (Wildman–Crippen MR) is 60.6 cm³/mol. The third kappa shape index (κ3) is 1.87. The molecule has 3 rings (SSSR count).